The Bertz CT molecular complexity index is 1250. The van der Waals surface area contributed by atoms with Crippen molar-refractivity contribution in [3.8, 4) is 5.75 Å². The maximum Gasteiger partial charge on any atom is 0.273 e. The van der Waals surface area contributed by atoms with Gasteiger partial charge in [0.25, 0.3) is 11.8 Å². The number of carbonyl (C=O) groups is 3. The molecule has 3 rings (SSSR count). The van der Waals surface area contributed by atoms with Crippen LogP contribution in [0.1, 0.15) is 71.4 Å². The molecule has 1 atom stereocenters. The van der Waals surface area contributed by atoms with E-state index in [1.807, 2.05) is 39.8 Å². The van der Waals surface area contributed by atoms with Gasteiger partial charge in [0.2, 0.25) is 5.91 Å². The van der Waals surface area contributed by atoms with Gasteiger partial charge in [-0.15, -0.1) is 0 Å². The fourth-order valence-electron chi connectivity index (χ4n) is 3.58. The monoisotopic (exact) mass is 509 g/mol. The molecule has 3 amide bonds. The van der Waals surface area contributed by atoms with Crippen molar-refractivity contribution in [2.24, 2.45) is 5.73 Å². The van der Waals surface area contributed by atoms with Crippen LogP contribution in [0.5, 0.6) is 5.75 Å². The summed E-state index contributed by atoms with van der Waals surface area (Å²) in [5.74, 6) is -1.85. The van der Waals surface area contributed by atoms with E-state index in [0.29, 0.717) is 17.7 Å². The Morgan fingerprint density at radius 2 is 1.69 bits per heavy atom. The fourth-order valence-corrected chi connectivity index (χ4v) is 4.32. The Hall–Kier alpha value is -3.92. The number of phenolic OH excluding ortho intramolecular Hbond substituents is 1. The first-order chi connectivity index (χ1) is 17.0. The fraction of sp³-hybridized carbons (Fsp3) is 0.308. The maximum absolute atomic E-state index is 14.0. The molecule has 10 heteroatoms. The minimum Gasteiger partial charge on any atom is -0.508 e. The third kappa shape index (κ3) is 5.65. The summed E-state index contributed by atoms with van der Waals surface area (Å²) in [6.45, 7) is 7.75. The van der Waals surface area contributed by atoms with E-state index in [0.717, 1.165) is 23.5 Å². The largest absolute Gasteiger partial charge is 0.508 e. The van der Waals surface area contributed by atoms with Crippen LogP contribution in [-0.2, 0) is 11.2 Å². The molecule has 1 aromatic heterocycles. The number of hydrogen-bond donors (Lipinski definition) is 4. The van der Waals surface area contributed by atoms with E-state index in [2.05, 4.69) is 9.69 Å². The lowest BCUT2D eigenvalue weighted by Crippen LogP contribution is -2.50. The highest BCUT2D eigenvalue weighted by molar-refractivity contribution is 7.09. The number of nitrogens with zero attached hydrogens (tertiary/aromatic N) is 2. The van der Waals surface area contributed by atoms with Crippen LogP contribution < -0.4 is 21.7 Å². The number of rotatable bonds is 9. The average molecular weight is 510 g/mol. The Kier molecular flexibility index (Phi) is 7.99. The van der Waals surface area contributed by atoms with Gasteiger partial charge in [-0.05, 0) is 73.6 Å². The molecule has 6 N–H and O–H groups in total. The average Bonchev–Trinajstić information content (AvgIpc) is 3.24. The third-order valence-corrected chi connectivity index (χ3v) is 6.91. The summed E-state index contributed by atoms with van der Waals surface area (Å²) in [5, 5.41) is 12.9. The lowest BCUT2D eigenvalue weighted by molar-refractivity contribution is -0.124. The highest BCUT2D eigenvalue weighted by Gasteiger charge is 2.37. The van der Waals surface area contributed by atoms with Gasteiger partial charge in [0.15, 0.2) is 5.69 Å². The molecular weight excluding hydrogens is 478 g/mol. The molecule has 0 spiro atoms. The molecule has 36 heavy (non-hydrogen) atoms. The van der Waals surface area contributed by atoms with E-state index in [1.54, 1.807) is 24.3 Å². The number of aryl methyl sites for hydroxylation is 1. The first-order valence-electron chi connectivity index (χ1n) is 11.6. The molecule has 0 unspecified atom stereocenters. The van der Waals surface area contributed by atoms with Gasteiger partial charge < -0.3 is 21.9 Å². The number of primary amides is 1. The molecule has 0 saturated carbocycles. The van der Waals surface area contributed by atoms with Gasteiger partial charge in [-0.3, -0.25) is 19.3 Å². The van der Waals surface area contributed by atoms with Crippen molar-refractivity contribution in [3.63, 3.8) is 0 Å². The lowest BCUT2D eigenvalue weighted by Gasteiger charge is -2.34. The number of nitrogen functional groups attached to an aromatic ring is 1. The van der Waals surface area contributed by atoms with Gasteiger partial charge >= 0.3 is 0 Å². The van der Waals surface area contributed by atoms with Crippen molar-refractivity contribution in [1.29, 1.82) is 0 Å². The zero-order valence-corrected chi connectivity index (χ0v) is 21.6. The van der Waals surface area contributed by atoms with Gasteiger partial charge in [-0.2, -0.15) is 4.37 Å². The highest BCUT2D eigenvalue weighted by atomic mass is 32.1. The van der Waals surface area contributed by atoms with Gasteiger partial charge in [0, 0.05) is 11.2 Å². The van der Waals surface area contributed by atoms with Gasteiger partial charge in [-0.25, -0.2) is 0 Å². The minimum absolute atomic E-state index is 0.00491. The van der Waals surface area contributed by atoms with Crippen LogP contribution in [0, 0.1) is 0 Å². The summed E-state index contributed by atoms with van der Waals surface area (Å²) in [6.07, 6.45) is 1.45. The van der Waals surface area contributed by atoms with E-state index in [9.17, 15) is 19.5 Å². The van der Waals surface area contributed by atoms with Crippen LogP contribution in [0.15, 0.2) is 48.5 Å². The number of anilines is 2. The Morgan fingerprint density at radius 1 is 1.08 bits per heavy atom. The first kappa shape index (κ1) is 26.7. The van der Waals surface area contributed by atoms with Crippen LogP contribution in [0.3, 0.4) is 0 Å². The number of aromatic nitrogens is 1. The van der Waals surface area contributed by atoms with Crippen LogP contribution in [-0.4, -0.2) is 32.7 Å². The van der Waals surface area contributed by atoms with Gasteiger partial charge in [0.05, 0.1) is 5.69 Å². The molecule has 0 aliphatic carbocycles. The number of nitrogens with one attached hydrogen (secondary N) is 1. The number of carbonyl (C=O) groups excluding carboxylic acids is 3. The standard InChI is InChI=1S/C26H31N5O4S/c1-5-15-7-11-17(12-8-15)31(25(35)22-19(27)20(23(28)33)30-36-22)21(16-9-13-18(32)14-10-16)24(34)29-26(3,4)6-2/h7-14,21,32H,5-6,27H2,1-4H3,(H2,28,33)(H,29,34)/t21-/m1/s1. The first-order valence-corrected chi connectivity index (χ1v) is 12.3. The molecule has 9 nitrogen and oxygen atoms in total. The van der Waals surface area contributed by atoms with Crippen LogP contribution in [0.2, 0.25) is 0 Å². The van der Waals surface area contributed by atoms with Crippen molar-refractivity contribution < 1.29 is 19.5 Å². The smallest absolute Gasteiger partial charge is 0.273 e. The van der Waals surface area contributed by atoms with Crippen molar-refractivity contribution in [1.82, 2.24) is 9.69 Å². The summed E-state index contributed by atoms with van der Waals surface area (Å²) in [7, 11) is 0. The van der Waals surface area contributed by atoms with E-state index in [4.69, 9.17) is 11.5 Å². The van der Waals surface area contributed by atoms with E-state index < -0.39 is 29.3 Å². The van der Waals surface area contributed by atoms with Crippen molar-refractivity contribution in [2.45, 2.75) is 52.1 Å². The van der Waals surface area contributed by atoms with Gasteiger partial charge in [0.1, 0.15) is 16.7 Å². The molecule has 0 bridgehead atoms. The molecule has 190 valence electrons. The van der Waals surface area contributed by atoms with Crippen molar-refractivity contribution in [3.05, 3.63) is 70.2 Å². The molecule has 0 radical (unpaired) electrons. The minimum atomic E-state index is -1.12. The number of phenols is 1. The molecule has 3 aromatic rings. The molecular formula is C26H31N5O4S. The number of aromatic hydroxyl groups is 1. The predicted octanol–water partition coefficient (Wildman–Crippen LogP) is 3.79. The van der Waals surface area contributed by atoms with E-state index in [1.165, 1.54) is 17.0 Å². The number of amides is 3. The van der Waals surface area contributed by atoms with Crippen molar-refractivity contribution in [2.75, 3.05) is 10.6 Å². The molecule has 0 fully saturated rings. The Balaban J connectivity index is 2.22. The summed E-state index contributed by atoms with van der Waals surface area (Å²) in [6, 6.07) is 12.2. The Labute approximate surface area is 214 Å². The molecule has 2 aromatic carbocycles. The molecule has 1 heterocycles. The number of benzene rings is 2. The predicted molar refractivity (Wildman–Crippen MR) is 141 cm³/mol. The van der Waals surface area contributed by atoms with E-state index >= 15 is 0 Å². The normalized spacial score (nSPS) is 12.1. The lowest BCUT2D eigenvalue weighted by atomic mass is 9.97. The summed E-state index contributed by atoms with van der Waals surface area (Å²) >= 11 is 0.749. The molecule has 0 aliphatic rings. The second-order valence-electron chi connectivity index (χ2n) is 9.05. The SMILES string of the molecule is CCc1ccc(N(C(=O)c2snc(C(N)=O)c2N)[C@@H](C(=O)NC(C)(C)CC)c2ccc(O)cc2)cc1. The molecule has 0 saturated heterocycles. The maximum atomic E-state index is 14.0. The Morgan fingerprint density at radius 3 is 2.19 bits per heavy atom. The topological polar surface area (TPSA) is 152 Å². The second-order valence-corrected chi connectivity index (χ2v) is 9.83. The van der Waals surface area contributed by atoms with Crippen molar-refractivity contribution >= 4 is 40.6 Å². The number of hydrogen-bond acceptors (Lipinski definition) is 7. The molecule has 0 aliphatic heterocycles. The summed E-state index contributed by atoms with van der Waals surface area (Å²) < 4.78 is 3.96. The van der Waals surface area contributed by atoms with E-state index in [-0.39, 0.29) is 22.0 Å². The van der Waals surface area contributed by atoms with Crippen LogP contribution in [0.4, 0.5) is 11.4 Å². The van der Waals surface area contributed by atoms with Crippen LogP contribution >= 0.6 is 11.5 Å². The summed E-state index contributed by atoms with van der Waals surface area (Å²) in [4.78, 5) is 40.9. The third-order valence-electron chi connectivity index (χ3n) is 6.06. The second kappa shape index (κ2) is 10.8. The zero-order valence-electron chi connectivity index (χ0n) is 20.7. The highest BCUT2D eigenvalue weighted by Crippen LogP contribution is 2.34. The quantitative estimate of drug-likeness (QED) is 0.344. The zero-order chi connectivity index (χ0) is 26.6. The van der Waals surface area contributed by atoms with Crippen LogP contribution in [0.25, 0.3) is 0 Å². The summed E-state index contributed by atoms with van der Waals surface area (Å²) in [5.41, 5.74) is 12.6. The number of nitrogens with two attached hydrogens (primary N) is 2. The van der Waals surface area contributed by atoms with Gasteiger partial charge in [-0.1, -0.05) is 38.1 Å².